The van der Waals surface area contributed by atoms with Crippen LogP contribution in [0.3, 0.4) is 0 Å². The third-order valence-electron chi connectivity index (χ3n) is 2.56. The molecule has 0 fully saturated rings. The van der Waals surface area contributed by atoms with Crippen LogP contribution in [0.4, 0.5) is 0 Å². The molecule has 1 aromatic heterocycles. The van der Waals surface area contributed by atoms with E-state index < -0.39 is 0 Å². The Bertz CT molecular complexity index is 605. The van der Waals surface area contributed by atoms with E-state index >= 15 is 0 Å². The molecule has 0 radical (unpaired) electrons. The van der Waals surface area contributed by atoms with Crippen molar-refractivity contribution in [3.63, 3.8) is 0 Å². The highest BCUT2D eigenvalue weighted by atomic mass is 79.9. The van der Waals surface area contributed by atoms with E-state index in [1.165, 1.54) is 11.3 Å². The fourth-order valence-corrected chi connectivity index (χ4v) is 3.07. The first-order valence-corrected chi connectivity index (χ1v) is 7.62. The molecule has 0 atom stereocenters. The maximum Gasteiger partial charge on any atom is 0.197 e. The smallest absolute Gasteiger partial charge is 0.197 e. The van der Waals surface area contributed by atoms with Gasteiger partial charge in [0.1, 0.15) is 5.75 Å². The van der Waals surface area contributed by atoms with Gasteiger partial charge < -0.3 is 4.74 Å². The molecule has 2 nitrogen and oxygen atoms in total. The first-order valence-electron chi connectivity index (χ1n) is 5.16. The van der Waals surface area contributed by atoms with E-state index in [9.17, 15) is 4.79 Å². The number of benzene rings is 1. The Labute approximate surface area is 126 Å². The third-order valence-corrected chi connectivity index (χ3v) is 4.91. The molecule has 0 aliphatic carbocycles. The van der Waals surface area contributed by atoms with Crippen LogP contribution in [0.2, 0.25) is 0 Å². The van der Waals surface area contributed by atoms with Gasteiger partial charge in [-0.15, -0.1) is 11.3 Å². The summed E-state index contributed by atoms with van der Waals surface area (Å²) in [4.78, 5) is 12.4. The molecular weight excluding hydrogens is 380 g/mol. The standard InChI is InChI=1S/C13H10Br2O2S/c1-7-3-11(17-2)9(5-10(7)14)13(16)8-4-12(15)18-6-8/h3-6H,1-2H3. The Morgan fingerprint density at radius 2 is 2.00 bits per heavy atom. The minimum absolute atomic E-state index is 0.0329. The minimum Gasteiger partial charge on any atom is -0.496 e. The second kappa shape index (κ2) is 5.55. The van der Waals surface area contributed by atoms with Gasteiger partial charge in [-0.25, -0.2) is 0 Å². The van der Waals surface area contributed by atoms with E-state index in [2.05, 4.69) is 31.9 Å². The summed E-state index contributed by atoms with van der Waals surface area (Å²) in [6, 6.07) is 5.49. The average molecular weight is 390 g/mol. The molecule has 1 aromatic carbocycles. The maximum absolute atomic E-state index is 12.4. The number of carbonyl (C=O) groups is 1. The van der Waals surface area contributed by atoms with Gasteiger partial charge in [0.15, 0.2) is 5.78 Å². The van der Waals surface area contributed by atoms with Gasteiger partial charge in [-0.3, -0.25) is 4.79 Å². The van der Waals surface area contributed by atoms with Crippen molar-refractivity contribution in [3.8, 4) is 5.75 Å². The summed E-state index contributed by atoms with van der Waals surface area (Å²) in [6.45, 7) is 1.96. The number of carbonyl (C=O) groups excluding carboxylic acids is 1. The van der Waals surface area contributed by atoms with Gasteiger partial charge in [0.05, 0.1) is 16.5 Å². The van der Waals surface area contributed by atoms with Crippen LogP contribution in [-0.4, -0.2) is 12.9 Å². The van der Waals surface area contributed by atoms with Crippen LogP contribution in [0.5, 0.6) is 5.75 Å². The highest BCUT2D eigenvalue weighted by Crippen LogP contribution is 2.30. The number of rotatable bonds is 3. The summed E-state index contributed by atoms with van der Waals surface area (Å²) in [5, 5.41) is 1.83. The molecule has 2 aromatic rings. The van der Waals surface area contributed by atoms with Crippen LogP contribution in [0.25, 0.3) is 0 Å². The molecule has 0 saturated heterocycles. The quantitative estimate of drug-likeness (QED) is 0.703. The molecule has 0 N–H and O–H groups in total. The van der Waals surface area contributed by atoms with E-state index in [0.29, 0.717) is 16.9 Å². The normalized spacial score (nSPS) is 10.4. The summed E-state index contributed by atoms with van der Waals surface area (Å²) in [5.74, 6) is 0.567. The Morgan fingerprint density at radius 3 is 2.56 bits per heavy atom. The van der Waals surface area contributed by atoms with Crippen molar-refractivity contribution >= 4 is 49.0 Å². The van der Waals surface area contributed by atoms with Crippen molar-refractivity contribution in [2.45, 2.75) is 6.92 Å². The number of thiophene rings is 1. The number of aryl methyl sites for hydroxylation is 1. The van der Waals surface area contributed by atoms with Crippen LogP contribution in [0, 0.1) is 6.92 Å². The van der Waals surface area contributed by atoms with E-state index in [1.807, 2.05) is 30.5 Å². The van der Waals surface area contributed by atoms with Crippen molar-refractivity contribution in [2.75, 3.05) is 7.11 Å². The topological polar surface area (TPSA) is 26.3 Å². The lowest BCUT2D eigenvalue weighted by Gasteiger charge is -2.09. The second-order valence-electron chi connectivity index (χ2n) is 3.77. The molecule has 0 aliphatic rings. The average Bonchev–Trinajstić information content (AvgIpc) is 2.78. The van der Waals surface area contributed by atoms with Crippen molar-refractivity contribution in [2.24, 2.45) is 0 Å². The second-order valence-corrected chi connectivity index (χ2v) is 6.92. The largest absolute Gasteiger partial charge is 0.496 e. The molecule has 2 rings (SSSR count). The van der Waals surface area contributed by atoms with Crippen molar-refractivity contribution in [1.82, 2.24) is 0 Å². The number of ether oxygens (including phenoxy) is 1. The molecule has 0 saturated carbocycles. The van der Waals surface area contributed by atoms with Crippen molar-refractivity contribution in [1.29, 1.82) is 0 Å². The van der Waals surface area contributed by atoms with Gasteiger partial charge in [0.25, 0.3) is 0 Å². The molecule has 5 heteroatoms. The maximum atomic E-state index is 12.4. The zero-order valence-corrected chi connectivity index (χ0v) is 13.8. The molecule has 94 valence electrons. The number of hydrogen-bond donors (Lipinski definition) is 0. The summed E-state index contributed by atoms with van der Waals surface area (Å²) < 4.78 is 7.12. The number of ketones is 1. The number of halogens is 2. The van der Waals surface area contributed by atoms with E-state index in [0.717, 1.165) is 13.8 Å². The van der Waals surface area contributed by atoms with E-state index in [1.54, 1.807) is 7.11 Å². The van der Waals surface area contributed by atoms with Crippen molar-refractivity contribution in [3.05, 3.63) is 48.5 Å². The van der Waals surface area contributed by atoms with Crippen molar-refractivity contribution < 1.29 is 9.53 Å². The molecule has 1 heterocycles. The molecule has 0 bridgehead atoms. The predicted molar refractivity (Wildman–Crippen MR) is 80.9 cm³/mol. The highest BCUT2D eigenvalue weighted by molar-refractivity contribution is 9.11. The van der Waals surface area contributed by atoms with Gasteiger partial charge in [-0.2, -0.15) is 0 Å². The lowest BCUT2D eigenvalue weighted by atomic mass is 10.0. The molecule has 0 unspecified atom stereocenters. The molecule has 18 heavy (non-hydrogen) atoms. The first-order chi connectivity index (χ1) is 8.52. The summed E-state index contributed by atoms with van der Waals surface area (Å²) in [6.07, 6.45) is 0. The van der Waals surface area contributed by atoms with Gasteiger partial charge in [0.2, 0.25) is 0 Å². The van der Waals surface area contributed by atoms with Crippen LogP contribution in [0.15, 0.2) is 31.8 Å². The fourth-order valence-electron chi connectivity index (χ4n) is 1.59. The Kier molecular flexibility index (Phi) is 4.25. The highest BCUT2D eigenvalue weighted by Gasteiger charge is 2.17. The number of methoxy groups -OCH3 is 1. The molecular formula is C13H10Br2O2S. The van der Waals surface area contributed by atoms with Crippen LogP contribution < -0.4 is 4.74 Å². The zero-order valence-electron chi connectivity index (χ0n) is 9.79. The zero-order chi connectivity index (χ0) is 13.3. The fraction of sp³-hybridized carbons (Fsp3) is 0.154. The van der Waals surface area contributed by atoms with Crippen LogP contribution in [-0.2, 0) is 0 Å². The molecule has 0 aliphatic heterocycles. The van der Waals surface area contributed by atoms with Gasteiger partial charge in [-0.1, -0.05) is 15.9 Å². The van der Waals surface area contributed by atoms with Gasteiger partial charge in [-0.05, 0) is 46.6 Å². The number of hydrogen-bond acceptors (Lipinski definition) is 3. The SMILES string of the molecule is COc1cc(C)c(Br)cc1C(=O)c1csc(Br)c1. The van der Waals surface area contributed by atoms with E-state index in [4.69, 9.17) is 4.74 Å². The Hall–Kier alpha value is -0.650. The van der Waals surface area contributed by atoms with Gasteiger partial charge >= 0.3 is 0 Å². The summed E-state index contributed by atoms with van der Waals surface area (Å²) >= 11 is 8.29. The van der Waals surface area contributed by atoms with Crippen LogP contribution >= 0.6 is 43.2 Å². The Balaban J connectivity index is 2.50. The lowest BCUT2D eigenvalue weighted by molar-refractivity contribution is 0.103. The van der Waals surface area contributed by atoms with Crippen LogP contribution in [0.1, 0.15) is 21.5 Å². The summed E-state index contributed by atoms with van der Waals surface area (Å²) in [7, 11) is 1.57. The van der Waals surface area contributed by atoms with E-state index in [-0.39, 0.29) is 5.78 Å². The molecule has 0 amide bonds. The first kappa shape index (κ1) is 13.8. The molecule has 0 spiro atoms. The van der Waals surface area contributed by atoms with Gasteiger partial charge in [0, 0.05) is 15.4 Å². The third kappa shape index (κ3) is 2.68. The summed E-state index contributed by atoms with van der Waals surface area (Å²) in [5.41, 5.74) is 2.27. The monoisotopic (exact) mass is 388 g/mol. The predicted octanol–water partition coefficient (Wildman–Crippen LogP) is 4.82. The lowest BCUT2D eigenvalue weighted by Crippen LogP contribution is -2.03. The Morgan fingerprint density at radius 1 is 1.28 bits per heavy atom. The minimum atomic E-state index is -0.0329.